The Balaban J connectivity index is 2.46. The number of benzene rings is 1. The van der Waals surface area contributed by atoms with Crippen molar-refractivity contribution in [2.45, 2.75) is 97.2 Å². The summed E-state index contributed by atoms with van der Waals surface area (Å²) < 4.78 is 5.50. The van der Waals surface area contributed by atoms with Crippen LogP contribution in [0.1, 0.15) is 96.6 Å². The minimum Gasteiger partial charge on any atom is -0.512 e. The third-order valence-corrected chi connectivity index (χ3v) is 7.35. The van der Waals surface area contributed by atoms with Crippen molar-refractivity contribution in [3.63, 3.8) is 0 Å². The lowest BCUT2D eigenvalue weighted by Crippen LogP contribution is -2.26. The molecule has 2 unspecified atom stereocenters. The number of allylic oxidation sites excluding steroid dienone is 2. The number of carbonyl (C=O) groups excluding carboxylic acids is 3. The number of fused-ring (bicyclic) bond motifs is 2. The number of anilines is 1. The van der Waals surface area contributed by atoms with Gasteiger partial charge in [0.2, 0.25) is 5.91 Å². The van der Waals surface area contributed by atoms with E-state index >= 15 is 0 Å². The van der Waals surface area contributed by atoms with Gasteiger partial charge in [0, 0.05) is 37.3 Å². The Kier molecular flexibility index (Phi) is 13.4. The van der Waals surface area contributed by atoms with Gasteiger partial charge in [-0.1, -0.05) is 45.6 Å². The maximum Gasteiger partial charge on any atom is 0.231 e. The average molecular weight is 544 g/mol. The van der Waals surface area contributed by atoms with E-state index in [0.717, 1.165) is 31.8 Å². The van der Waals surface area contributed by atoms with E-state index in [2.05, 4.69) is 12.2 Å². The van der Waals surface area contributed by atoms with E-state index in [0.29, 0.717) is 37.7 Å². The minimum atomic E-state index is -1.24. The molecule has 4 N–H and O–H groups in total. The molecular formula is C31H45NO7. The molecule has 8 heteroatoms. The molecule has 2 rings (SSSR count). The van der Waals surface area contributed by atoms with E-state index in [1.807, 2.05) is 6.92 Å². The molecule has 4 atom stereocenters. The Hall–Kier alpha value is -2.97. The van der Waals surface area contributed by atoms with Crippen LogP contribution in [-0.4, -0.2) is 46.0 Å². The number of methoxy groups -OCH3 is 1. The molecule has 1 amide bonds. The number of phenolic OH excluding ortho intramolecular Hbond substituents is 1. The van der Waals surface area contributed by atoms with E-state index in [-0.39, 0.29) is 46.8 Å². The van der Waals surface area contributed by atoms with Gasteiger partial charge in [0.05, 0.1) is 17.8 Å². The van der Waals surface area contributed by atoms with Crippen LogP contribution in [0.15, 0.2) is 41.7 Å². The Bertz CT molecular complexity index is 1050. The fourth-order valence-corrected chi connectivity index (χ4v) is 4.97. The molecule has 0 fully saturated rings. The molecule has 0 aromatic heterocycles. The number of phenols is 1. The summed E-state index contributed by atoms with van der Waals surface area (Å²) in [5, 5.41) is 34.3. The van der Waals surface area contributed by atoms with Crippen molar-refractivity contribution in [3.8, 4) is 5.75 Å². The summed E-state index contributed by atoms with van der Waals surface area (Å²) in [6.07, 6.45) is 7.29. The van der Waals surface area contributed by atoms with Crippen LogP contribution >= 0.6 is 0 Å². The molecule has 1 aromatic rings. The van der Waals surface area contributed by atoms with E-state index in [9.17, 15) is 29.7 Å². The zero-order valence-electron chi connectivity index (χ0n) is 23.7. The number of ether oxygens (including phenoxy) is 1. The first kappa shape index (κ1) is 32.2. The summed E-state index contributed by atoms with van der Waals surface area (Å²) in [5.41, 5.74) is 0.984. The van der Waals surface area contributed by atoms with Crippen molar-refractivity contribution in [3.05, 3.63) is 47.2 Å². The number of rotatable bonds is 7. The molecule has 8 nitrogen and oxygen atoms in total. The van der Waals surface area contributed by atoms with Crippen LogP contribution in [0.25, 0.3) is 0 Å². The average Bonchev–Trinajstić information content (AvgIpc) is 2.89. The van der Waals surface area contributed by atoms with Crippen molar-refractivity contribution in [1.82, 2.24) is 0 Å². The molecule has 0 aliphatic carbocycles. The van der Waals surface area contributed by atoms with Crippen LogP contribution in [-0.2, 0) is 19.1 Å². The van der Waals surface area contributed by atoms with E-state index in [1.165, 1.54) is 25.3 Å². The molecule has 216 valence electrons. The maximum absolute atomic E-state index is 13.3. The third kappa shape index (κ3) is 10.3. The lowest BCUT2D eigenvalue weighted by molar-refractivity contribution is -0.125. The molecule has 1 heterocycles. The van der Waals surface area contributed by atoms with Gasteiger partial charge in [-0.25, -0.2) is 0 Å². The van der Waals surface area contributed by atoms with Crippen molar-refractivity contribution in [1.29, 1.82) is 0 Å². The number of nitrogens with one attached hydrogen (secondary N) is 1. The molecule has 0 saturated heterocycles. The second-order valence-electron chi connectivity index (χ2n) is 10.5. The summed E-state index contributed by atoms with van der Waals surface area (Å²) >= 11 is 0. The first-order valence-corrected chi connectivity index (χ1v) is 14.1. The SMILES string of the molecule is CCCCCC[C@H]1/C=C(\C)C(=O)C(OC)CCCC(CC)/C(O)=C\C(=O)C[C@H](O)c2cc(O)cc(c2)NC1=O. The van der Waals surface area contributed by atoms with Crippen LogP contribution in [0.5, 0.6) is 5.75 Å². The van der Waals surface area contributed by atoms with Gasteiger partial charge in [0.25, 0.3) is 0 Å². The van der Waals surface area contributed by atoms with Crippen LogP contribution in [0.2, 0.25) is 0 Å². The van der Waals surface area contributed by atoms with E-state index < -0.39 is 23.9 Å². The lowest BCUT2D eigenvalue weighted by atomic mass is 9.92. The number of hydrogen-bond acceptors (Lipinski definition) is 7. The Labute approximate surface area is 232 Å². The number of hydrogen-bond donors (Lipinski definition) is 4. The van der Waals surface area contributed by atoms with Gasteiger partial charge in [-0.15, -0.1) is 0 Å². The largest absolute Gasteiger partial charge is 0.512 e. The van der Waals surface area contributed by atoms with Crippen molar-refractivity contribution < 1.29 is 34.4 Å². The van der Waals surface area contributed by atoms with E-state index in [4.69, 9.17) is 4.74 Å². The predicted molar refractivity (Wildman–Crippen MR) is 151 cm³/mol. The predicted octanol–water partition coefficient (Wildman–Crippen LogP) is 6.09. The highest BCUT2D eigenvalue weighted by Gasteiger charge is 2.24. The van der Waals surface area contributed by atoms with Gasteiger partial charge in [0.1, 0.15) is 11.9 Å². The summed E-state index contributed by atoms with van der Waals surface area (Å²) in [6.45, 7) is 5.72. The van der Waals surface area contributed by atoms with Crippen molar-refractivity contribution in [2.75, 3.05) is 12.4 Å². The number of Topliss-reactive ketones (excluding diaryl/α,β-unsaturated/α-hetero) is 1. The molecular weight excluding hydrogens is 498 g/mol. The summed E-state index contributed by atoms with van der Waals surface area (Å²) in [6, 6.07) is 4.22. The number of aliphatic hydroxyl groups is 2. The molecule has 1 aliphatic rings. The van der Waals surface area contributed by atoms with E-state index in [1.54, 1.807) is 13.0 Å². The molecule has 1 aliphatic heterocycles. The van der Waals surface area contributed by atoms with Gasteiger partial charge in [0.15, 0.2) is 11.6 Å². The molecule has 0 radical (unpaired) electrons. The topological polar surface area (TPSA) is 133 Å². The summed E-state index contributed by atoms with van der Waals surface area (Å²) in [7, 11) is 1.48. The fourth-order valence-electron chi connectivity index (χ4n) is 4.97. The van der Waals surface area contributed by atoms with Crippen molar-refractivity contribution in [2.24, 2.45) is 11.8 Å². The van der Waals surface area contributed by atoms with Gasteiger partial charge in [-0.05, 0) is 62.3 Å². The van der Waals surface area contributed by atoms with Gasteiger partial charge in [-0.3, -0.25) is 14.4 Å². The number of carbonyl (C=O) groups is 3. The van der Waals surface area contributed by atoms with Gasteiger partial charge >= 0.3 is 0 Å². The van der Waals surface area contributed by atoms with Crippen molar-refractivity contribution >= 4 is 23.2 Å². The monoisotopic (exact) mass is 543 g/mol. The number of ketones is 2. The highest BCUT2D eigenvalue weighted by molar-refractivity contribution is 6.00. The first-order valence-electron chi connectivity index (χ1n) is 14.1. The standard InChI is InChI=1S/C31H45NO7/c1-5-7-8-9-11-22-14-20(3)30(37)29(39-4)13-10-12-21(6-2)27(35)18-26(34)19-28(36)23-15-24(32-31(22)38)17-25(33)16-23/h14-18,21-22,28-29,33,35-36H,5-13,19H2,1-4H3,(H,32,38)/b20-14+,27-18+/t21?,22-,28-,29?/m0/s1. The highest BCUT2D eigenvalue weighted by atomic mass is 16.5. The minimum absolute atomic E-state index is 0.0567. The molecule has 0 spiro atoms. The van der Waals surface area contributed by atoms with Gasteiger partial charge in [-0.2, -0.15) is 0 Å². The zero-order valence-corrected chi connectivity index (χ0v) is 23.7. The maximum atomic E-state index is 13.3. The quantitative estimate of drug-likeness (QED) is 0.306. The lowest BCUT2D eigenvalue weighted by Gasteiger charge is -2.19. The normalized spacial score (nSPS) is 26.8. The highest BCUT2D eigenvalue weighted by Crippen LogP contribution is 2.29. The first-order chi connectivity index (χ1) is 18.6. The fraction of sp³-hybridized carbons (Fsp3) is 0.581. The smallest absolute Gasteiger partial charge is 0.231 e. The molecule has 1 aromatic carbocycles. The Morgan fingerprint density at radius 3 is 2.44 bits per heavy atom. The van der Waals surface area contributed by atoms with Gasteiger partial charge < -0.3 is 25.4 Å². The molecule has 0 saturated carbocycles. The van der Waals surface area contributed by atoms with Crippen LogP contribution in [0.3, 0.4) is 0 Å². The van der Waals surface area contributed by atoms with Crippen LogP contribution in [0, 0.1) is 11.8 Å². The summed E-state index contributed by atoms with van der Waals surface area (Å²) in [5.74, 6) is -2.04. The zero-order chi connectivity index (χ0) is 28.9. The Morgan fingerprint density at radius 1 is 1.03 bits per heavy atom. The number of amides is 1. The second kappa shape index (κ2) is 16.2. The third-order valence-electron chi connectivity index (χ3n) is 7.35. The second-order valence-corrected chi connectivity index (χ2v) is 10.5. The van der Waals surface area contributed by atoms with Crippen LogP contribution < -0.4 is 5.32 Å². The number of unbranched alkanes of at least 4 members (excludes halogenated alkanes) is 3. The Morgan fingerprint density at radius 2 is 1.77 bits per heavy atom. The molecule has 2 bridgehead atoms. The number of aliphatic hydroxyl groups excluding tert-OH is 2. The molecule has 39 heavy (non-hydrogen) atoms. The summed E-state index contributed by atoms with van der Waals surface area (Å²) in [4.78, 5) is 39.2. The number of aromatic hydroxyl groups is 1. The van der Waals surface area contributed by atoms with Crippen LogP contribution in [0.4, 0.5) is 5.69 Å².